The zero-order valence-corrected chi connectivity index (χ0v) is 12.7. The monoisotopic (exact) mass is 273 g/mol. The third kappa shape index (κ3) is 3.67. The highest BCUT2D eigenvalue weighted by Gasteiger charge is 2.12. The highest BCUT2D eigenvalue weighted by molar-refractivity contribution is 5.62. The van der Waals surface area contributed by atoms with Crippen LogP contribution in [-0.4, -0.2) is 22.8 Å². The molecule has 0 aliphatic heterocycles. The summed E-state index contributed by atoms with van der Waals surface area (Å²) in [5.74, 6) is 1.35. The van der Waals surface area contributed by atoms with Crippen molar-refractivity contribution >= 4 is 0 Å². The molecule has 0 unspecified atom stereocenters. The Hall–Kier alpha value is -1.68. The largest absolute Gasteiger partial charge is 0.421 e. The molecular formula is C16H23N3O. The molecule has 1 heterocycles. The van der Waals surface area contributed by atoms with E-state index in [2.05, 4.69) is 55.3 Å². The van der Waals surface area contributed by atoms with Gasteiger partial charge in [-0.05, 0) is 37.9 Å². The molecule has 2 aromatic rings. The summed E-state index contributed by atoms with van der Waals surface area (Å²) >= 11 is 0. The molecule has 1 aromatic heterocycles. The van der Waals surface area contributed by atoms with Crippen LogP contribution in [0.4, 0.5) is 0 Å². The quantitative estimate of drug-likeness (QED) is 0.821. The SMILES string of the molecule is Cc1cccc(C)c1-c1nnc(CCCNC(C)C)o1. The molecule has 4 heteroatoms. The van der Waals surface area contributed by atoms with Gasteiger partial charge in [-0.2, -0.15) is 0 Å². The number of hydrogen-bond donors (Lipinski definition) is 1. The first kappa shape index (κ1) is 14.7. The molecule has 108 valence electrons. The Balaban J connectivity index is 2.02. The number of aromatic nitrogens is 2. The van der Waals surface area contributed by atoms with Gasteiger partial charge in [0, 0.05) is 18.0 Å². The van der Waals surface area contributed by atoms with E-state index in [4.69, 9.17) is 4.42 Å². The normalized spacial score (nSPS) is 11.2. The van der Waals surface area contributed by atoms with Crippen molar-refractivity contribution in [2.75, 3.05) is 6.54 Å². The predicted molar refractivity (Wildman–Crippen MR) is 80.7 cm³/mol. The van der Waals surface area contributed by atoms with Crippen LogP contribution in [-0.2, 0) is 6.42 Å². The average molecular weight is 273 g/mol. The molecule has 0 spiro atoms. The number of rotatable bonds is 6. The Morgan fingerprint density at radius 2 is 1.85 bits per heavy atom. The van der Waals surface area contributed by atoms with Gasteiger partial charge in [0.25, 0.3) is 0 Å². The maximum absolute atomic E-state index is 5.79. The summed E-state index contributed by atoms with van der Waals surface area (Å²) in [6.45, 7) is 9.40. The summed E-state index contributed by atoms with van der Waals surface area (Å²) in [5.41, 5.74) is 3.40. The lowest BCUT2D eigenvalue weighted by Crippen LogP contribution is -2.23. The van der Waals surface area contributed by atoms with Crippen LogP contribution in [0.3, 0.4) is 0 Å². The number of hydrogen-bond acceptors (Lipinski definition) is 4. The van der Waals surface area contributed by atoms with Gasteiger partial charge in [-0.3, -0.25) is 0 Å². The molecule has 0 aliphatic carbocycles. The predicted octanol–water partition coefficient (Wildman–Crippen LogP) is 3.28. The van der Waals surface area contributed by atoms with Gasteiger partial charge in [0.1, 0.15) is 0 Å². The van der Waals surface area contributed by atoms with E-state index in [1.165, 1.54) is 11.1 Å². The van der Waals surface area contributed by atoms with E-state index in [1.807, 2.05) is 6.07 Å². The Labute approximate surface area is 120 Å². The molecular weight excluding hydrogens is 250 g/mol. The smallest absolute Gasteiger partial charge is 0.248 e. The van der Waals surface area contributed by atoms with Crippen LogP contribution in [0.2, 0.25) is 0 Å². The third-order valence-electron chi connectivity index (χ3n) is 3.28. The van der Waals surface area contributed by atoms with E-state index in [0.29, 0.717) is 17.8 Å². The van der Waals surface area contributed by atoms with Crippen LogP contribution in [0.1, 0.15) is 37.3 Å². The zero-order valence-electron chi connectivity index (χ0n) is 12.7. The molecule has 0 fully saturated rings. The summed E-state index contributed by atoms with van der Waals surface area (Å²) in [6.07, 6.45) is 1.82. The average Bonchev–Trinajstić information content (AvgIpc) is 2.83. The van der Waals surface area contributed by atoms with Gasteiger partial charge < -0.3 is 9.73 Å². The van der Waals surface area contributed by atoms with Crippen molar-refractivity contribution in [3.63, 3.8) is 0 Å². The van der Waals surface area contributed by atoms with Crippen LogP contribution in [0.5, 0.6) is 0 Å². The summed E-state index contributed by atoms with van der Waals surface area (Å²) in [7, 11) is 0. The van der Waals surface area contributed by atoms with Crippen molar-refractivity contribution in [1.29, 1.82) is 0 Å². The van der Waals surface area contributed by atoms with Crippen molar-refractivity contribution in [2.24, 2.45) is 0 Å². The Morgan fingerprint density at radius 3 is 2.50 bits per heavy atom. The second kappa shape index (κ2) is 6.66. The molecule has 0 radical (unpaired) electrons. The summed E-state index contributed by atoms with van der Waals surface area (Å²) in [4.78, 5) is 0. The van der Waals surface area contributed by atoms with Gasteiger partial charge in [0.15, 0.2) is 0 Å². The van der Waals surface area contributed by atoms with E-state index < -0.39 is 0 Å². The zero-order chi connectivity index (χ0) is 14.5. The van der Waals surface area contributed by atoms with Crippen molar-refractivity contribution in [3.8, 4) is 11.5 Å². The minimum atomic E-state index is 0.517. The van der Waals surface area contributed by atoms with Gasteiger partial charge in [-0.25, -0.2) is 0 Å². The Kier molecular flexibility index (Phi) is 4.90. The number of nitrogens with zero attached hydrogens (tertiary/aromatic N) is 2. The molecule has 4 nitrogen and oxygen atoms in total. The lowest BCUT2D eigenvalue weighted by atomic mass is 10.0. The van der Waals surface area contributed by atoms with E-state index in [1.54, 1.807) is 0 Å². The minimum absolute atomic E-state index is 0.517. The molecule has 2 rings (SSSR count). The minimum Gasteiger partial charge on any atom is -0.421 e. The van der Waals surface area contributed by atoms with Crippen LogP contribution in [0.25, 0.3) is 11.5 Å². The fourth-order valence-corrected chi connectivity index (χ4v) is 2.24. The van der Waals surface area contributed by atoms with Gasteiger partial charge in [0.05, 0.1) is 0 Å². The van der Waals surface area contributed by atoms with Crippen LogP contribution in [0, 0.1) is 13.8 Å². The van der Waals surface area contributed by atoms with Gasteiger partial charge >= 0.3 is 0 Å². The molecule has 20 heavy (non-hydrogen) atoms. The summed E-state index contributed by atoms with van der Waals surface area (Å²) in [5, 5.41) is 11.7. The summed E-state index contributed by atoms with van der Waals surface area (Å²) < 4.78 is 5.79. The van der Waals surface area contributed by atoms with Crippen LogP contribution in [0.15, 0.2) is 22.6 Å². The molecule has 0 saturated heterocycles. The van der Waals surface area contributed by atoms with E-state index in [9.17, 15) is 0 Å². The van der Waals surface area contributed by atoms with Crippen LogP contribution < -0.4 is 5.32 Å². The first-order valence-electron chi connectivity index (χ1n) is 7.20. The summed E-state index contributed by atoms with van der Waals surface area (Å²) in [6, 6.07) is 6.70. The topological polar surface area (TPSA) is 51.0 Å². The molecule has 0 amide bonds. The first-order valence-corrected chi connectivity index (χ1v) is 7.20. The Bertz CT molecular complexity index is 540. The third-order valence-corrected chi connectivity index (χ3v) is 3.28. The van der Waals surface area contributed by atoms with Gasteiger partial charge in [-0.1, -0.05) is 32.0 Å². The highest BCUT2D eigenvalue weighted by Crippen LogP contribution is 2.25. The fourth-order valence-electron chi connectivity index (χ4n) is 2.24. The van der Waals surface area contributed by atoms with E-state index in [0.717, 1.165) is 24.9 Å². The Morgan fingerprint density at radius 1 is 1.15 bits per heavy atom. The maximum atomic E-state index is 5.79. The fraction of sp³-hybridized carbons (Fsp3) is 0.500. The molecule has 1 aromatic carbocycles. The first-order chi connectivity index (χ1) is 9.58. The lowest BCUT2D eigenvalue weighted by molar-refractivity contribution is 0.483. The van der Waals surface area contributed by atoms with E-state index in [-0.39, 0.29) is 0 Å². The van der Waals surface area contributed by atoms with Crippen molar-refractivity contribution in [1.82, 2.24) is 15.5 Å². The van der Waals surface area contributed by atoms with Crippen LogP contribution >= 0.6 is 0 Å². The standard InChI is InChI=1S/C16H23N3O/c1-11(2)17-10-6-9-14-18-19-16(20-14)15-12(3)7-5-8-13(15)4/h5,7-8,11,17H,6,9-10H2,1-4H3. The second-order valence-corrected chi connectivity index (χ2v) is 5.48. The lowest BCUT2D eigenvalue weighted by Gasteiger charge is -2.06. The molecule has 0 atom stereocenters. The maximum Gasteiger partial charge on any atom is 0.248 e. The van der Waals surface area contributed by atoms with Crippen molar-refractivity contribution in [3.05, 3.63) is 35.2 Å². The second-order valence-electron chi connectivity index (χ2n) is 5.48. The number of aryl methyl sites for hydroxylation is 3. The van der Waals surface area contributed by atoms with Gasteiger partial charge in [0.2, 0.25) is 11.8 Å². The highest BCUT2D eigenvalue weighted by atomic mass is 16.4. The molecule has 0 bridgehead atoms. The molecule has 1 N–H and O–H groups in total. The molecule has 0 aliphatic rings. The van der Waals surface area contributed by atoms with Crippen molar-refractivity contribution < 1.29 is 4.42 Å². The van der Waals surface area contributed by atoms with Gasteiger partial charge in [-0.15, -0.1) is 10.2 Å². The number of nitrogens with one attached hydrogen (secondary N) is 1. The van der Waals surface area contributed by atoms with Crippen molar-refractivity contribution in [2.45, 2.75) is 46.6 Å². The van der Waals surface area contributed by atoms with E-state index >= 15 is 0 Å². The number of benzene rings is 1. The molecule has 0 saturated carbocycles.